The Morgan fingerprint density at radius 3 is 2.60 bits per heavy atom. The van der Waals surface area contributed by atoms with Crippen molar-refractivity contribution >= 4 is 11.5 Å². The number of carboxylic acids is 1. The molecule has 0 aliphatic carbocycles. The monoisotopic (exact) mass is 492 g/mol. The molecule has 0 saturated carbocycles. The van der Waals surface area contributed by atoms with Gasteiger partial charge in [0.05, 0.1) is 13.2 Å². The van der Waals surface area contributed by atoms with Crippen LogP contribution in [0.2, 0.25) is 0 Å². The molecule has 0 fully saturated rings. The number of nitrogens with zero attached hydrogens (tertiary/aromatic N) is 2. The molecule has 0 unspecified atom stereocenters. The SMILES string of the molecule is CC/C=C(\C=C/COC(F)(F)F)c1ncc(C)n1Cc1ccccc1OC/C=C(\C)CCC(=O)O. The van der Waals surface area contributed by atoms with Crippen molar-refractivity contribution in [1.82, 2.24) is 9.55 Å². The van der Waals surface area contributed by atoms with Gasteiger partial charge in [-0.15, -0.1) is 13.2 Å². The number of aryl methyl sites for hydroxylation is 1. The van der Waals surface area contributed by atoms with Crippen LogP contribution in [0.5, 0.6) is 5.75 Å². The molecule has 0 aliphatic rings. The Morgan fingerprint density at radius 2 is 1.91 bits per heavy atom. The summed E-state index contributed by atoms with van der Waals surface area (Å²) in [4.78, 5) is 15.2. The number of aliphatic carboxylic acids is 1. The average molecular weight is 493 g/mol. The molecular formula is C26H31F3N2O4. The molecule has 1 heterocycles. The van der Waals surface area contributed by atoms with E-state index in [4.69, 9.17) is 9.84 Å². The van der Waals surface area contributed by atoms with Crippen LogP contribution >= 0.6 is 0 Å². The lowest BCUT2D eigenvalue weighted by Gasteiger charge is -2.15. The minimum Gasteiger partial charge on any atom is -0.489 e. The van der Waals surface area contributed by atoms with Crippen LogP contribution in [0.1, 0.15) is 50.2 Å². The van der Waals surface area contributed by atoms with Crippen molar-refractivity contribution in [2.45, 2.75) is 52.9 Å². The van der Waals surface area contributed by atoms with Crippen molar-refractivity contribution in [1.29, 1.82) is 0 Å². The van der Waals surface area contributed by atoms with E-state index < -0.39 is 18.9 Å². The second-order valence-corrected chi connectivity index (χ2v) is 7.90. The van der Waals surface area contributed by atoms with Crippen molar-refractivity contribution in [2.24, 2.45) is 0 Å². The fourth-order valence-electron chi connectivity index (χ4n) is 3.29. The predicted molar refractivity (Wildman–Crippen MR) is 128 cm³/mol. The van der Waals surface area contributed by atoms with E-state index in [1.54, 1.807) is 12.3 Å². The summed E-state index contributed by atoms with van der Waals surface area (Å²) in [5.41, 5.74) is 3.43. The summed E-state index contributed by atoms with van der Waals surface area (Å²) in [7, 11) is 0. The first-order valence-corrected chi connectivity index (χ1v) is 11.3. The van der Waals surface area contributed by atoms with Crippen molar-refractivity contribution in [3.8, 4) is 5.75 Å². The maximum Gasteiger partial charge on any atom is 0.522 e. The Hall–Kier alpha value is -3.33. The highest BCUT2D eigenvalue weighted by atomic mass is 19.4. The second kappa shape index (κ2) is 13.5. The molecule has 0 radical (unpaired) electrons. The van der Waals surface area contributed by atoms with Gasteiger partial charge in [-0.1, -0.05) is 48.9 Å². The van der Waals surface area contributed by atoms with E-state index in [2.05, 4.69) is 9.72 Å². The number of hydrogen-bond donors (Lipinski definition) is 1. The Morgan fingerprint density at radius 1 is 1.17 bits per heavy atom. The van der Waals surface area contributed by atoms with E-state index in [9.17, 15) is 18.0 Å². The van der Waals surface area contributed by atoms with Gasteiger partial charge in [-0.2, -0.15) is 0 Å². The molecule has 1 aromatic heterocycles. The van der Waals surface area contributed by atoms with Crippen LogP contribution in [0.4, 0.5) is 13.2 Å². The van der Waals surface area contributed by atoms with Gasteiger partial charge < -0.3 is 14.4 Å². The number of para-hydroxylation sites is 1. The number of imidazole rings is 1. The zero-order chi connectivity index (χ0) is 25.8. The molecule has 1 N–H and O–H groups in total. The van der Waals surface area contributed by atoms with Gasteiger partial charge in [0.1, 0.15) is 18.2 Å². The van der Waals surface area contributed by atoms with Gasteiger partial charge in [0.15, 0.2) is 0 Å². The van der Waals surface area contributed by atoms with Crippen LogP contribution in [0.25, 0.3) is 5.57 Å². The van der Waals surface area contributed by atoms with E-state index >= 15 is 0 Å². The Kier molecular flexibility index (Phi) is 10.8. The second-order valence-electron chi connectivity index (χ2n) is 7.90. The number of alkyl halides is 3. The van der Waals surface area contributed by atoms with Crippen molar-refractivity contribution in [3.63, 3.8) is 0 Å². The van der Waals surface area contributed by atoms with Crippen molar-refractivity contribution in [2.75, 3.05) is 13.2 Å². The van der Waals surface area contributed by atoms with Gasteiger partial charge in [0.25, 0.3) is 0 Å². The molecule has 0 spiro atoms. The predicted octanol–water partition coefficient (Wildman–Crippen LogP) is 6.32. The van der Waals surface area contributed by atoms with Crippen molar-refractivity contribution in [3.05, 3.63) is 77.4 Å². The van der Waals surface area contributed by atoms with Crippen LogP contribution in [-0.2, 0) is 16.1 Å². The van der Waals surface area contributed by atoms with Crippen LogP contribution in [0.3, 0.4) is 0 Å². The molecular weight excluding hydrogens is 461 g/mol. The molecule has 190 valence electrons. The molecule has 35 heavy (non-hydrogen) atoms. The number of carboxylic acid groups (broad SMARTS) is 1. The van der Waals surface area contributed by atoms with Gasteiger partial charge in [0.2, 0.25) is 0 Å². The van der Waals surface area contributed by atoms with Gasteiger partial charge in [-0.3, -0.25) is 9.53 Å². The van der Waals surface area contributed by atoms with Gasteiger partial charge >= 0.3 is 12.3 Å². The van der Waals surface area contributed by atoms with E-state index in [1.807, 2.05) is 61.8 Å². The lowest BCUT2D eigenvalue weighted by molar-refractivity contribution is -0.319. The number of benzene rings is 1. The van der Waals surface area contributed by atoms with Crippen LogP contribution in [-0.4, -0.2) is 40.2 Å². The summed E-state index contributed by atoms with van der Waals surface area (Å²) in [6.45, 7) is 5.90. The number of allylic oxidation sites excluding steroid dienone is 4. The van der Waals surface area contributed by atoms with Crippen LogP contribution in [0.15, 0.2) is 60.3 Å². The third-order valence-corrected chi connectivity index (χ3v) is 5.08. The molecule has 0 atom stereocenters. The topological polar surface area (TPSA) is 73.6 Å². The largest absolute Gasteiger partial charge is 0.522 e. The lowest BCUT2D eigenvalue weighted by Crippen LogP contribution is -2.13. The minimum atomic E-state index is -4.68. The normalized spacial score (nSPS) is 13.0. The number of halogens is 3. The summed E-state index contributed by atoms with van der Waals surface area (Å²) in [5.74, 6) is 0.477. The third-order valence-electron chi connectivity index (χ3n) is 5.08. The maximum absolute atomic E-state index is 12.3. The molecule has 2 aromatic rings. The van der Waals surface area contributed by atoms with Gasteiger partial charge in [-0.25, -0.2) is 4.98 Å². The van der Waals surface area contributed by atoms with Gasteiger partial charge in [0, 0.05) is 29.4 Å². The molecule has 0 amide bonds. The highest BCUT2D eigenvalue weighted by molar-refractivity contribution is 5.70. The number of ether oxygens (including phenoxy) is 2. The average Bonchev–Trinajstić information content (AvgIpc) is 3.15. The lowest BCUT2D eigenvalue weighted by atomic mass is 10.1. The van der Waals surface area contributed by atoms with Crippen molar-refractivity contribution < 1.29 is 32.5 Å². The minimum absolute atomic E-state index is 0.0754. The number of rotatable bonds is 13. The third kappa shape index (κ3) is 9.82. The molecule has 0 saturated heterocycles. The van der Waals surface area contributed by atoms with Gasteiger partial charge in [-0.05, 0) is 38.8 Å². The standard InChI is InChI=1S/C26H31F3N2O4/c1-4-8-21(10-7-15-35-26(27,28)29)25-30-17-20(3)31(25)18-22-9-5-6-11-23(22)34-16-14-19(2)12-13-24(32)33/h5-11,14,17H,4,12-13,15-16,18H2,1-3H3,(H,32,33)/b10-7-,19-14+,21-8+. The first-order chi connectivity index (χ1) is 16.6. The molecule has 9 heteroatoms. The van der Waals surface area contributed by atoms with E-state index in [1.165, 1.54) is 6.08 Å². The summed E-state index contributed by atoms with van der Waals surface area (Å²) in [5, 5.41) is 8.81. The fourth-order valence-corrected chi connectivity index (χ4v) is 3.29. The number of aromatic nitrogens is 2. The number of carbonyl (C=O) groups is 1. The summed E-state index contributed by atoms with van der Waals surface area (Å²) >= 11 is 0. The summed E-state index contributed by atoms with van der Waals surface area (Å²) in [6, 6.07) is 7.57. The zero-order valence-electron chi connectivity index (χ0n) is 20.1. The molecule has 2 rings (SSSR count). The Balaban J connectivity index is 2.19. The summed E-state index contributed by atoms with van der Waals surface area (Å²) in [6.07, 6.45) is 4.93. The van der Waals surface area contributed by atoms with E-state index in [-0.39, 0.29) is 6.42 Å². The molecule has 0 bridgehead atoms. The Labute approximate surface area is 203 Å². The molecule has 1 aromatic carbocycles. The van der Waals surface area contributed by atoms with E-state index in [0.717, 1.165) is 16.8 Å². The fraction of sp³-hybridized carbons (Fsp3) is 0.385. The first-order valence-electron chi connectivity index (χ1n) is 11.3. The molecule has 6 nitrogen and oxygen atoms in total. The summed E-state index contributed by atoms with van der Waals surface area (Å²) < 4.78 is 48.6. The quantitative estimate of drug-likeness (QED) is 0.262. The highest BCUT2D eigenvalue weighted by Gasteiger charge is 2.28. The highest BCUT2D eigenvalue weighted by Crippen LogP contribution is 2.24. The Bertz CT molecular complexity index is 1070. The smallest absolute Gasteiger partial charge is 0.489 e. The molecule has 0 aliphatic heterocycles. The first kappa shape index (κ1) is 27.9. The zero-order valence-corrected chi connectivity index (χ0v) is 20.1. The van der Waals surface area contributed by atoms with E-state index in [0.29, 0.717) is 43.1 Å². The number of hydrogen-bond acceptors (Lipinski definition) is 4. The maximum atomic E-state index is 12.3. The van der Waals surface area contributed by atoms with Crippen LogP contribution in [0, 0.1) is 6.92 Å². The van der Waals surface area contributed by atoms with Crippen LogP contribution < -0.4 is 4.74 Å².